The lowest BCUT2D eigenvalue weighted by Gasteiger charge is -2.11. The monoisotopic (exact) mass is 190 g/mol. The van der Waals surface area contributed by atoms with Gasteiger partial charge in [0.2, 0.25) is 0 Å². The summed E-state index contributed by atoms with van der Waals surface area (Å²) in [5.41, 5.74) is 1.21. The van der Waals surface area contributed by atoms with Crippen LogP contribution in [-0.4, -0.2) is 6.61 Å². The van der Waals surface area contributed by atoms with E-state index in [-0.39, 0.29) is 0 Å². The second-order valence-corrected chi connectivity index (χ2v) is 3.81. The van der Waals surface area contributed by atoms with Crippen LogP contribution < -0.4 is 4.74 Å². The maximum atomic E-state index is 5.70. The Hall–Kier alpha value is -1.24. The molecular weight excluding hydrogens is 172 g/mol. The summed E-state index contributed by atoms with van der Waals surface area (Å²) < 4.78 is 5.70. The van der Waals surface area contributed by atoms with Crippen molar-refractivity contribution in [2.75, 3.05) is 6.61 Å². The van der Waals surface area contributed by atoms with Crippen LogP contribution in [0.15, 0.2) is 36.9 Å². The minimum absolute atomic E-state index is 0.562. The first-order valence-corrected chi connectivity index (χ1v) is 5.05. The van der Waals surface area contributed by atoms with E-state index in [1.807, 2.05) is 24.3 Å². The van der Waals surface area contributed by atoms with Crippen molar-refractivity contribution < 1.29 is 4.74 Å². The molecular formula is C13H18O. The quantitative estimate of drug-likeness (QED) is 0.646. The Kier molecular flexibility index (Phi) is 4.24. The lowest BCUT2D eigenvalue weighted by molar-refractivity contribution is 0.269. The van der Waals surface area contributed by atoms with Crippen molar-refractivity contribution in [2.45, 2.75) is 20.3 Å². The number of benzene rings is 1. The molecule has 14 heavy (non-hydrogen) atoms. The second kappa shape index (κ2) is 5.48. The number of hydrogen-bond acceptors (Lipinski definition) is 1. The van der Waals surface area contributed by atoms with Crippen LogP contribution in [-0.2, 0) is 6.42 Å². The van der Waals surface area contributed by atoms with Crippen LogP contribution in [0.1, 0.15) is 19.4 Å². The topological polar surface area (TPSA) is 9.23 Å². The zero-order valence-electron chi connectivity index (χ0n) is 8.99. The van der Waals surface area contributed by atoms with Gasteiger partial charge in [-0.05, 0) is 24.0 Å². The molecule has 76 valence electrons. The van der Waals surface area contributed by atoms with E-state index in [0.717, 1.165) is 18.8 Å². The van der Waals surface area contributed by atoms with Crippen LogP contribution in [0.4, 0.5) is 0 Å². The molecule has 1 heteroatoms. The Labute approximate surface area is 86.4 Å². The van der Waals surface area contributed by atoms with Gasteiger partial charge in [-0.25, -0.2) is 0 Å². The predicted molar refractivity (Wildman–Crippen MR) is 60.7 cm³/mol. The normalized spacial score (nSPS) is 10.2. The van der Waals surface area contributed by atoms with E-state index in [1.54, 1.807) is 0 Å². The van der Waals surface area contributed by atoms with Crippen molar-refractivity contribution in [3.63, 3.8) is 0 Å². The van der Waals surface area contributed by atoms with Crippen molar-refractivity contribution in [3.05, 3.63) is 42.5 Å². The van der Waals surface area contributed by atoms with Crippen molar-refractivity contribution >= 4 is 0 Å². The Balaban J connectivity index is 2.68. The SMILES string of the molecule is C=CCc1ccccc1OCC(C)C. The molecule has 0 aliphatic rings. The molecule has 0 radical (unpaired) electrons. The van der Waals surface area contributed by atoms with Crippen LogP contribution in [0.2, 0.25) is 0 Å². The standard InChI is InChI=1S/C13H18O/c1-4-7-12-8-5-6-9-13(12)14-10-11(2)3/h4-6,8-9,11H,1,7,10H2,2-3H3. The molecule has 0 heterocycles. The highest BCUT2D eigenvalue weighted by Crippen LogP contribution is 2.19. The summed E-state index contributed by atoms with van der Waals surface area (Å²) in [6.07, 6.45) is 2.77. The summed E-state index contributed by atoms with van der Waals surface area (Å²) >= 11 is 0. The molecule has 0 spiro atoms. The molecule has 0 unspecified atom stereocenters. The summed E-state index contributed by atoms with van der Waals surface area (Å²) in [5, 5.41) is 0. The van der Waals surface area contributed by atoms with Gasteiger partial charge >= 0.3 is 0 Å². The Morgan fingerprint density at radius 3 is 2.71 bits per heavy atom. The van der Waals surface area contributed by atoms with Gasteiger partial charge in [0.1, 0.15) is 5.75 Å². The summed E-state index contributed by atoms with van der Waals surface area (Å²) in [6.45, 7) is 8.81. The fourth-order valence-electron chi connectivity index (χ4n) is 1.23. The van der Waals surface area contributed by atoms with Crippen LogP contribution in [0.25, 0.3) is 0 Å². The van der Waals surface area contributed by atoms with E-state index in [4.69, 9.17) is 4.74 Å². The molecule has 1 nitrogen and oxygen atoms in total. The smallest absolute Gasteiger partial charge is 0.122 e. The molecule has 0 fully saturated rings. The van der Waals surface area contributed by atoms with E-state index in [1.165, 1.54) is 5.56 Å². The molecule has 0 N–H and O–H groups in total. The van der Waals surface area contributed by atoms with Crippen molar-refractivity contribution in [2.24, 2.45) is 5.92 Å². The van der Waals surface area contributed by atoms with Gasteiger partial charge < -0.3 is 4.74 Å². The van der Waals surface area contributed by atoms with E-state index in [0.29, 0.717) is 5.92 Å². The molecule has 0 saturated carbocycles. The van der Waals surface area contributed by atoms with E-state index < -0.39 is 0 Å². The minimum Gasteiger partial charge on any atom is -0.493 e. The Morgan fingerprint density at radius 2 is 2.07 bits per heavy atom. The lowest BCUT2D eigenvalue weighted by Crippen LogP contribution is -2.05. The van der Waals surface area contributed by atoms with Crippen LogP contribution in [0, 0.1) is 5.92 Å². The van der Waals surface area contributed by atoms with Crippen molar-refractivity contribution in [1.29, 1.82) is 0 Å². The van der Waals surface area contributed by atoms with Crippen molar-refractivity contribution in [3.8, 4) is 5.75 Å². The van der Waals surface area contributed by atoms with Gasteiger partial charge in [-0.15, -0.1) is 6.58 Å². The number of hydrogen-bond donors (Lipinski definition) is 0. The summed E-state index contributed by atoms with van der Waals surface area (Å²) in [5.74, 6) is 1.55. The highest BCUT2D eigenvalue weighted by atomic mass is 16.5. The number of ether oxygens (including phenoxy) is 1. The maximum absolute atomic E-state index is 5.70. The second-order valence-electron chi connectivity index (χ2n) is 3.81. The highest BCUT2D eigenvalue weighted by Gasteiger charge is 2.01. The van der Waals surface area contributed by atoms with Gasteiger partial charge in [-0.3, -0.25) is 0 Å². The van der Waals surface area contributed by atoms with Gasteiger partial charge in [-0.1, -0.05) is 38.1 Å². The van der Waals surface area contributed by atoms with E-state index in [2.05, 4.69) is 26.5 Å². The van der Waals surface area contributed by atoms with Gasteiger partial charge in [-0.2, -0.15) is 0 Å². The summed E-state index contributed by atoms with van der Waals surface area (Å²) in [6, 6.07) is 8.13. The van der Waals surface area contributed by atoms with Crippen LogP contribution in [0.3, 0.4) is 0 Å². The average molecular weight is 190 g/mol. The average Bonchev–Trinajstić information content (AvgIpc) is 2.17. The van der Waals surface area contributed by atoms with E-state index in [9.17, 15) is 0 Å². The van der Waals surface area contributed by atoms with E-state index >= 15 is 0 Å². The first-order valence-electron chi connectivity index (χ1n) is 5.05. The first kappa shape index (κ1) is 10.8. The largest absolute Gasteiger partial charge is 0.493 e. The molecule has 0 aliphatic heterocycles. The highest BCUT2D eigenvalue weighted by molar-refractivity contribution is 5.34. The Morgan fingerprint density at radius 1 is 1.36 bits per heavy atom. The molecule has 0 saturated heterocycles. The molecule has 1 rings (SSSR count). The molecule has 0 bridgehead atoms. The number of rotatable bonds is 5. The lowest BCUT2D eigenvalue weighted by atomic mass is 10.1. The maximum Gasteiger partial charge on any atom is 0.122 e. The third-order valence-electron chi connectivity index (χ3n) is 1.91. The van der Waals surface area contributed by atoms with Gasteiger partial charge in [0.25, 0.3) is 0 Å². The fraction of sp³-hybridized carbons (Fsp3) is 0.385. The summed E-state index contributed by atoms with van der Waals surface area (Å²) in [4.78, 5) is 0. The van der Waals surface area contributed by atoms with Gasteiger partial charge in [0, 0.05) is 0 Å². The van der Waals surface area contributed by atoms with Crippen LogP contribution in [0.5, 0.6) is 5.75 Å². The molecule has 1 aromatic rings. The third-order valence-corrected chi connectivity index (χ3v) is 1.91. The number of allylic oxidation sites excluding steroid dienone is 1. The van der Waals surface area contributed by atoms with Crippen LogP contribution >= 0.6 is 0 Å². The number of para-hydroxylation sites is 1. The molecule has 1 aromatic carbocycles. The fourth-order valence-corrected chi connectivity index (χ4v) is 1.23. The van der Waals surface area contributed by atoms with Gasteiger partial charge in [0.05, 0.1) is 6.61 Å². The molecule has 0 aliphatic carbocycles. The zero-order chi connectivity index (χ0) is 10.4. The minimum atomic E-state index is 0.562. The zero-order valence-corrected chi connectivity index (χ0v) is 8.99. The predicted octanol–water partition coefficient (Wildman–Crippen LogP) is 3.45. The first-order chi connectivity index (χ1) is 6.74. The molecule has 0 amide bonds. The van der Waals surface area contributed by atoms with Gasteiger partial charge in [0.15, 0.2) is 0 Å². The summed E-state index contributed by atoms with van der Waals surface area (Å²) in [7, 11) is 0. The molecule has 0 atom stereocenters. The molecule has 0 aromatic heterocycles. The van der Waals surface area contributed by atoms with Crippen molar-refractivity contribution in [1.82, 2.24) is 0 Å². The Bertz CT molecular complexity index is 289. The third kappa shape index (κ3) is 3.25.